The molecule has 0 radical (unpaired) electrons. The van der Waals surface area contributed by atoms with Gasteiger partial charge in [-0.1, -0.05) is 0 Å². The summed E-state index contributed by atoms with van der Waals surface area (Å²) in [5.74, 6) is -17.9. The van der Waals surface area contributed by atoms with Crippen molar-refractivity contribution in [3.63, 3.8) is 0 Å². The lowest BCUT2D eigenvalue weighted by Gasteiger charge is -2.33. The Morgan fingerprint density at radius 2 is 1.00 bits per heavy atom. The van der Waals surface area contributed by atoms with Gasteiger partial charge in [0.15, 0.2) is 0 Å². The van der Waals surface area contributed by atoms with E-state index in [1.54, 1.807) is 0 Å². The molecule has 0 bridgehead atoms. The minimum Gasteiger partial charge on any atom is -0.267 e. The van der Waals surface area contributed by atoms with Crippen LogP contribution in [0.25, 0.3) is 0 Å². The highest BCUT2D eigenvalue weighted by Crippen LogP contribution is 2.50. The molecule has 0 saturated carbocycles. The van der Waals surface area contributed by atoms with Crippen molar-refractivity contribution < 1.29 is 35.1 Å². The van der Waals surface area contributed by atoms with Crippen LogP contribution in [0.5, 0.6) is 0 Å². The van der Waals surface area contributed by atoms with Gasteiger partial charge in [-0.3, -0.25) is 5.73 Å². The van der Waals surface area contributed by atoms with E-state index in [2.05, 4.69) is 5.73 Å². The second-order valence-electron chi connectivity index (χ2n) is 2.66. The van der Waals surface area contributed by atoms with Crippen LogP contribution in [0, 0.1) is 0 Å². The Hall–Kier alpha value is -0.600. The van der Waals surface area contributed by atoms with Crippen molar-refractivity contribution in [3.05, 3.63) is 0 Å². The fourth-order valence-corrected chi connectivity index (χ4v) is 0.485. The predicted octanol–water partition coefficient (Wildman–Crippen LogP) is 2.46. The highest BCUT2D eigenvalue weighted by molar-refractivity contribution is 4.99. The van der Waals surface area contributed by atoms with Gasteiger partial charge >= 0.3 is 23.8 Å². The summed E-state index contributed by atoms with van der Waals surface area (Å²) < 4.78 is 95.8. The number of nitrogens with two attached hydrogens (primary N) is 1. The summed E-state index contributed by atoms with van der Waals surface area (Å²) in [6.07, 6.45) is 0. The van der Waals surface area contributed by atoms with Crippen molar-refractivity contribution in [2.24, 2.45) is 5.73 Å². The Morgan fingerprint density at radius 1 is 0.714 bits per heavy atom. The van der Waals surface area contributed by atoms with Crippen LogP contribution >= 0.6 is 0 Å². The molecule has 1 nitrogen and oxygen atoms in total. The number of hydrogen-bond acceptors (Lipinski definition) is 1. The molecule has 0 spiro atoms. The molecule has 0 amide bonds. The van der Waals surface area contributed by atoms with Crippen molar-refractivity contribution in [1.82, 2.24) is 0 Å². The Labute approximate surface area is 72.9 Å². The van der Waals surface area contributed by atoms with Gasteiger partial charge in [0.2, 0.25) is 0 Å². The van der Waals surface area contributed by atoms with Gasteiger partial charge in [-0.15, -0.1) is 0 Å². The average molecular weight is 231 g/mol. The van der Waals surface area contributed by atoms with Gasteiger partial charge in [-0.05, 0) is 0 Å². The summed E-state index contributed by atoms with van der Waals surface area (Å²) in [7, 11) is 0. The molecule has 86 valence electrons. The number of alkyl halides is 8. The van der Waals surface area contributed by atoms with E-state index in [-0.39, 0.29) is 0 Å². The van der Waals surface area contributed by atoms with Crippen molar-refractivity contribution in [2.75, 3.05) is 0 Å². The molecule has 0 atom stereocenters. The van der Waals surface area contributed by atoms with Crippen molar-refractivity contribution in [2.45, 2.75) is 30.7 Å². The first-order chi connectivity index (χ1) is 5.75. The molecule has 0 fully saturated rings. The topological polar surface area (TPSA) is 26.0 Å². The molecule has 9 heteroatoms. The molecule has 0 aliphatic rings. The van der Waals surface area contributed by atoms with Crippen LogP contribution in [-0.2, 0) is 0 Å². The molecule has 14 heavy (non-hydrogen) atoms. The molecular formula is C5H5F8N. The number of rotatable bonds is 3. The minimum absolute atomic E-state index is 0.605. The molecule has 0 aliphatic carbocycles. The molecule has 0 heterocycles. The third kappa shape index (κ3) is 1.77. The predicted molar refractivity (Wildman–Crippen MR) is 29.6 cm³/mol. The van der Waals surface area contributed by atoms with E-state index in [0.29, 0.717) is 0 Å². The summed E-state index contributed by atoms with van der Waals surface area (Å²) in [6, 6.07) is -5.73. The zero-order chi connectivity index (χ0) is 12.0. The van der Waals surface area contributed by atoms with Crippen LogP contribution in [0.2, 0.25) is 0 Å². The van der Waals surface area contributed by atoms with Crippen LogP contribution < -0.4 is 5.73 Å². The van der Waals surface area contributed by atoms with Crippen LogP contribution in [0.4, 0.5) is 35.1 Å². The highest BCUT2D eigenvalue weighted by atomic mass is 19.4. The third-order valence-corrected chi connectivity index (χ3v) is 1.36. The summed E-state index contributed by atoms with van der Waals surface area (Å²) in [5.41, 5.74) is 3.40. The lowest BCUT2D eigenvalue weighted by molar-refractivity contribution is -0.360. The molecule has 0 aromatic rings. The molecule has 2 N–H and O–H groups in total. The molecular weight excluding hydrogens is 226 g/mol. The van der Waals surface area contributed by atoms with Crippen molar-refractivity contribution in [3.8, 4) is 0 Å². The van der Waals surface area contributed by atoms with Gasteiger partial charge in [0.1, 0.15) is 0 Å². The zero-order valence-corrected chi connectivity index (χ0v) is 6.60. The first-order valence-electron chi connectivity index (χ1n) is 3.05. The second kappa shape index (κ2) is 2.94. The smallest absolute Gasteiger partial charge is 0.267 e. The van der Waals surface area contributed by atoms with Gasteiger partial charge in [0.25, 0.3) is 0 Å². The molecule has 0 saturated heterocycles. The molecule has 0 aromatic heterocycles. The summed E-state index contributed by atoms with van der Waals surface area (Å²) in [4.78, 5) is 0. The summed E-state index contributed by atoms with van der Waals surface area (Å²) in [5, 5.41) is 0. The van der Waals surface area contributed by atoms with Crippen molar-refractivity contribution >= 4 is 0 Å². The fourth-order valence-electron chi connectivity index (χ4n) is 0.485. The van der Waals surface area contributed by atoms with Crippen LogP contribution in [0.1, 0.15) is 6.92 Å². The van der Waals surface area contributed by atoms with E-state index in [4.69, 9.17) is 0 Å². The standard InChI is InChI=1S/C5H5F8N/c1-2(6,7)3(8,9)4(10,11)5(12,13)14/h14H2,1H3. The van der Waals surface area contributed by atoms with E-state index in [1.165, 1.54) is 0 Å². The van der Waals surface area contributed by atoms with Gasteiger partial charge < -0.3 is 0 Å². The Bertz CT molecular complexity index is 187. The Balaban J connectivity index is 5.30. The zero-order valence-electron chi connectivity index (χ0n) is 6.60. The lowest BCUT2D eigenvalue weighted by atomic mass is 10.0. The van der Waals surface area contributed by atoms with Gasteiger partial charge in [-0.25, -0.2) is 0 Å². The van der Waals surface area contributed by atoms with Crippen LogP contribution in [-0.4, -0.2) is 23.8 Å². The largest absolute Gasteiger partial charge is 0.392 e. The van der Waals surface area contributed by atoms with E-state index in [1.807, 2.05) is 0 Å². The maximum absolute atomic E-state index is 12.1. The van der Waals surface area contributed by atoms with E-state index >= 15 is 0 Å². The Morgan fingerprint density at radius 3 is 1.07 bits per heavy atom. The third-order valence-electron chi connectivity index (χ3n) is 1.36. The van der Waals surface area contributed by atoms with Crippen LogP contribution in [0.3, 0.4) is 0 Å². The second-order valence-corrected chi connectivity index (χ2v) is 2.66. The monoisotopic (exact) mass is 231 g/mol. The minimum atomic E-state index is -6.32. The fraction of sp³-hybridized carbons (Fsp3) is 1.00. The average Bonchev–Trinajstić information content (AvgIpc) is 1.81. The molecule has 0 aromatic carbocycles. The molecule has 0 unspecified atom stereocenters. The normalized spacial score (nSPS) is 15.9. The maximum Gasteiger partial charge on any atom is 0.392 e. The van der Waals surface area contributed by atoms with E-state index in [0.717, 1.165) is 0 Å². The number of halogens is 8. The summed E-state index contributed by atoms with van der Waals surface area (Å²) in [6.45, 7) is -0.605. The SMILES string of the molecule is CC(F)(F)C(F)(F)C(F)(F)C(N)(F)F. The van der Waals surface area contributed by atoms with Gasteiger partial charge in [-0.2, -0.15) is 35.1 Å². The van der Waals surface area contributed by atoms with Crippen LogP contribution in [0.15, 0.2) is 0 Å². The van der Waals surface area contributed by atoms with Gasteiger partial charge in [0.05, 0.1) is 0 Å². The maximum atomic E-state index is 12.1. The highest BCUT2D eigenvalue weighted by Gasteiger charge is 2.78. The summed E-state index contributed by atoms with van der Waals surface area (Å²) >= 11 is 0. The Kier molecular flexibility index (Phi) is 2.82. The lowest BCUT2D eigenvalue weighted by Crippen LogP contribution is -2.64. The first kappa shape index (κ1) is 13.4. The van der Waals surface area contributed by atoms with E-state index < -0.39 is 30.7 Å². The molecule has 0 rings (SSSR count). The molecule has 0 aliphatic heterocycles. The quantitative estimate of drug-likeness (QED) is 0.586. The van der Waals surface area contributed by atoms with E-state index in [9.17, 15) is 35.1 Å². The van der Waals surface area contributed by atoms with Gasteiger partial charge in [0, 0.05) is 6.92 Å². The first-order valence-corrected chi connectivity index (χ1v) is 3.05. The number of hydrogen-bond donors (Lipinski definition) is 1. The van der Waals surface area contributed by atoms with Crippen molar-refractivity contribution in [1.29, 1.82) is 0 Å².